The Balaban J connectivity index is 1.83. The monoisotopic (exact) mass is 292 g/mol. The van der Waals surface area contributed by atoms with Crippen LogP contribution < -0.4 is 5.32 Å². The van der Waals surface area contributed by atoms with E-state index in [1.54, 1.807) is 17.0 Å². The standard InChI is InChI=1S/C16H24N2O3/c1-2-3-4-9-17-15(19)13-7-5-10-18(12-13)16(20)14-8-6-11-21-14/h6,8,11,13H,2-5,7,9-10,12H2,1H3,(H,17,19). The Kier molecular flexibility index (Phi) is 5.84. The lowest BCUT2D eigenvalue weighted by Crippen LogP contribution is -2.45. The smallest absolute Gasteiger partial charge is 0.289 e. The molecule has 0 saturated carbocycles. The van der Waals surface area contributed by atoms with Gasteiger partial charge in [0, 0.05) is 19.6 Å². The molecule has 1 aromatic rings. The Morgan fingerprint density at radius 3 is 3.00 bits per heavy atom. The molecule has 1 fully saturated rings. The van der Waals surface area contributed by atoms with Gasteiger partial charge in [0.2, 0.25) is 5.91 Å². The van der Waals surface area contributed by atoms with Gasteiger partial charge in [0.25, 0.3) is 5.91 Å². The van der Waals surface area contributed by atoms with E-state index in [1.165, 1.54) is 6.26 Å². The van der Waals surface area contributed by atoms with Gasteiger partial charge in [-0.1, -0.05) is 19.8 Å². The van der Waals surface area contributed by atoms with Gasteiger partial charge in [-0.2, -0.15) is 0 Å². The zero-order valence-electron chi connectivity index (χ0n) is 12.6. The van der Waals surface area contributed by atoms with Crippen LogP contribution in [0.4, 0.5) is 0 Å². The van der Waals surface area contributed by atoms with Gasteiger partial charge in [0.15, 0.2) is 5.76 Å². The van der Waals surface area contributed by atoms with E-state index in [2.05, 4.69) is 12.2 Å². The molecule has 5 nitrogen and oxygen atoms in total. The Morgan fingerprint density at radius 1 is 1.43 bits per heavy atom. The summed E-state index contributed by atoms with van der Waals surface area (Å²) in [6, 6.07) is 3.37. The van der Waals surface area contributed by atoms with Gasteiger partial charge >= 0.3 is 0 Å². The summed E-state index contributed by atoms with van der Waals surface area (Å²) >= 11 is 0. The number of furan rings is 1. The van der Waals surface area contributed by atoms with E-state index >= 15 is 0 Å². The van der Waals surface area contributed by atoms with Crippen LogP contribution in [0.3, 0.4) is 0 Å². The summed E-state index contributed by atoms with van der Waals surface area (Å²) in [5.74, 6) is 0.199. The van der Waals surface area contributed by atoms with Crippen molar-refractivity contribution < 1.29 is 14.0 Å². The molecule has 1 saturated heterocycles. The molecule has 1 aliphatic rings. The molecule has 2 rings (SSSR count). The van der Waals surface area contributed by atoms with Crippen LogP contribution in [-0.2, 0) is 4.79 Å². The van der Waals surface area contributed by atoms with Crippen LogP contribution >= 0.6 is 0 Å². The number of amides is 2. The quantitative estimate of drug-likeness (QED) is 0.819. The number of nitrogens with one attached hydrogen (secondary N) is 1. The number of nitrogens with zero attached hydrogens (tertiary/aromatic N) is 1. The summed E-state index contributed by atoms with van der Waals surface area (Å²) in [5, 5.41) is 2.98. The molecule has 0 bridgehead atoms. The van der Waals surface area contributed by atoms with E-state index < -0.39 is 0 Å². The van der Waals surface area contributed by atoms with Crippen LogP contribution in [0.1, 0.15) is 49.6 Å². The van der Waals surface area contributed by atoms with Crippen molar-refractivity contribution in [3.05, 3.63) is 24.2 Å². The average Bonchev–Trinajstić information content (AvgIpc) is 3.05. The molecule has 21 heavy (non-hydrogen) atoms. The van der Waals surface area contributed by atoms with Gasteiger partial charge in [-0.25, -0.2) is 0 Å². The Bertz CT molecular complexity index is 456. The molecule has 2 heterocycles. The number of piperidine rings is 1. The number of hydrogen-bond donors (Lipinski definition) is 1. The van der Waals surface area contributed by atoms with Gasteiger partial charge in [-0.15, -0.1) is 0 Å². The summed E-state index contributed by atoms with van der Waals surface area (Å²) in [4.78, 5) is 26.1. The van der Waals surface area contributed by atoms with E-state index in [-0.39, 0.29) is 17.7 Å². The Labute approximate surface area is 125 Å². The van der Waals surface area contributed by atoms with Crippen LogP contribution in [0.15, 0.2) is 22.8 Å². The highest BCUT2D eigenvalue weighted by Gasteiger charge is 2.29. The van der Waals surface area contributed by atoms with Crippen LogP contribution in [0, 0.1) is 5.92 Å². The molecule has 5 heteroatoms. The second kappa shape index (κ2) is 7.86. The molecule has 1 aliphatic heterocycles. The van der Waals surface area contributed by atoms with Crippen LogP contribution in [0.5, 0.6) is 0 Å². The highest BCUT2D eigenvalue weighted by molar-refractivity contribution is 5.92. The predicted octanol–water partition coefficient (Wildman–Crippen LogP) is 2.44. The van der Waals surface area contributed by atoms with Gasteiger partial charge in [-0.3, -0.25) is 9.59 Å². The van der Waals surface area contributed by atoms with Crippen LogP contribution in [0.2, 0.25) is 0 Å². The lowest BCUT2D eigenvalue weighted by molar-refractivity contribution is -0.126. The number of carbonyl (C=O) groups excluding carboxylic acids is 2. The molecule has 0 radical (unpaired) electrons. The first-order chi connectivity index (χ1) is 10.2. The highest BCUT2D eigenvalue weighted by Crippen LogP contribution is 2.19. The molecule has 0 aliphatic carbocycles. The third-order valence-corrected chi connectivity index (χ3v) is 3.89. The maximum atomic E-state index is 12.2. The third-order valence-electron chi connectivity index (χ3n) is 3.89. The number of carbonyl (C=O) groups is 2. The van der Waals surface area contributed by atoms with Gasteiger partial charge in [0.1, 0.15) is 0 Å². The van der Waals surface area contributed by atoms with Crippen molar-refractivity contribution >= 4 is 11.8 Å². The number of hydrogen-bond acceptors (Lipinski definition) is 3. The fourth-order valence-electron chi connectivity index (χ4n) is 2.66. The van der Waals surface area contributed by atoms with Crippen molar-refractivity contribution in [2.45, 2.75) is 39.0 Å². The molecule has 2 amide bonds. The van der Waals surface area contributed by atoms with Gasteiger partial charge < -0.3 is 14.6 Å². The molecule has 116 valence electrons. The Hall–Kier alpha value is -1.78. The number of likely N-dealkylation sites (tertiary alicyclic amines) is 1. The first-order valence-corrected chi connectivity index (χ1v) is 7.83. The summed E-state index contributed by atoms with van der Waals surface area (Å²) in [6.07, 6.45) is 6.50. The molecule has 1 N–H and O–H groups in total. The van der Waals surface area contributed by atoms with E-state index in [4.69, 9.17) is 4.42 Å². The lowest BCUT2D eigenvalue weighted by Gasteiger charge is -2.31. The second-order valence-electron chi connectivity index (χ2n) is 5.57. The van der Waals surface area contributed by atoms with Crippen molar-refractivity contribution in [3.8, 4) is 0 Å². The summed E-state index contributed by atoms with van der Waals surface area (Å²) < 4.78 is 5.14. The maximum absolute atomic E-state index is 12.2. The third kappa shape index (κ3) is 4.34. The van der Waals surface area contributed by atoms with Gasteiger partial charge in [0.05, 0.1) is 12.2 Å². The van der Waals surface area contributed by atoms with Crippen molar-refractivity contribution in [3.63, 3.8) is 0 Å². The summed E-state index contributed by atoms with van der Waals surface area (Å²) in [6.45, 7) is 4.05. The predicted molar refractivity (Wildman–Crippen MR) is 79.9 cm³/mol. The zero-order chi connectivity index (χ0) is 15.1. The minimum Gasteiger partial charge on any atom is -0.459 e. The summed E-state index contributed by atoms with van der Waals surface area (Å²) in [7, 11) is 0. The molecule has 1 aromatic heterocycles. The minimum atomic E-state index is -0.122. The van der Waals surface area contributed by atoms with Crippen LogP contribution in [0.25, 0.3) is 0 Å². The average molecular weight is 292 g/mol. The summed E-state index contributed by atoms with van der Waals surface area (Å²) in [5.41, 5.74) is 0. The van der Waals surface area contributed by atoms with Crippen molar-refractivity contribution in [2.24, 2.45) is 5.92 Å². The Morgan fingerprint density at radius 2 is 2.29 bits per heavy atom. The fraction of sp³-hybridized carbons (Fsp3) is 0.625. The van der Waals surface area contributed by atoms with E-state index in [0.717, 1.165) is 38.6 Å². The maximum Gasteiger partial charge on any atom is 0.289 e. The SMILES string of the molecule is CCCCCNC(=O)C1CCCN(C(=O)c2ccco2)C1. The lowest BCUT2D eigenvalue weighted by atomic mass is 9.97. The highest BCUT2D eigenvalue weighted by atomic mass is 16.3. The zero-order valence-corrected chi connectivity index (χ0v) is 12.6. The molecular formula is C16H24N2O3. The minimum absolute atomic E-state index is 0.0723. The van der Waals surface area contributed by atoms with Crippen molar-refractivity contribution in [1.29, 1.82) is 0 Å². The second-order valence-corrected chi connectivity index (χ2v) is 5.57. The number of rotatable bonds is 6. The molecule has 1 atom stereocenters. The first kappa shape index (κ1) is 15.6. The van der Waals surface area contributed by atoms with Crippen molar-refractivity contribution in [2.75, 3.05) is 19.6 Å². The topological polar surface area (TPSA) is 62.6 Å². The van der Waals surface area contributed by atoms with E-state index in [1.807, 2.05) is 0 Å². The largest absolute Gasteiger partial charge is 0.459 e. The van der Waals surface area contributed by atoms with Crippen LogP contribution in [-0.4, -0.2) is 36.3 Å². The van der Waals surface area contributed by atoms with Gasteiger partial charge in [-0.05, 0) is 31.4 Å². The van der Waals surface area contributed by atoms with E-state index in [9.17, 15) is 9.59 Å². The number of unbranched alkanes of at least 4 members (excludes halogenated alkanes) is 2. The first-order valence-electron chi connectivity index (χ1n) is 7.83. The molecule has 1 unspecified atom stereocenters. The normalized spacial score (nSPS) is 18.5. The fourth-order valence-corrected chi connectivity index (χ4v) is 2.66. The van der Waals surface area contributed by atoms with E-state index in [0.29, 0.717) is 18.8 Å². The van der Waals surface area contributed by atoms with Crippen molar-refractivity contribution in [1.82, 2.24) is 10.2 Å². The molecular weight excluding hydrogens is 268 g/mol. The molecule has 0 aromatic carbocycles. The molecule has 0 spiro atoms.